The number of aliphatic hydroxyl groups is 2. The third-order valence-corrected chi connectivity index (χ3v) is 17.6. The molecule has 1 aliphatic carbocycles. The lowest BCUT2D eigenvalue weighted by Crippen LogP contribution is -2.52. The highest BCUT2D eigenvalue weighted by atomic mass is 16.5. The van der Waals surface area contributed by atoms with E-state index in [0.29, 0.717) is 51.0 Å². The molecule has 0 spiro atoms. The number of carboxylic acids is 5. The molecule has 5 rings (SSSR count). The minimum Gasteiger partial charge on any atom is -0.481 e. The number of carbonyl (C=O) groups is 11. The van der Waals surface area contributed by atoms with Crippen LogP contribution < -0.4 is 37.2 Å². The number of carbonyl (C=O) groups excluding carboxylic acids is 6. The lowest BCUT2D eigenvalue weighted by molar-refractivity contribution is -0.140. The second-order valence-corrected chi connectivity index (χ2v) is 25.9. The Morgan fingerprint density at radius 2 is 0.990 bits per heavy atom. The van der Waals surface area contributed by atoms with Crippen molar-refractivity contribution in [3.8, 4) is 0 Å². The highest BCUT2D eigenvalue weighted by Crippen LogP contribution is 2.29. The van der Waals surface area contributed by atoms with Crippen LogP contribution in [0.25, 0.3) is 10.8 Å². The van der Waals surface area contributed by atoms with Gasteiger partial charge >= 0.3 is 35.9 Å². The van der Waals surface area contributed by atoms with Crippen LogP contribution in [0.15, 0.2) is 66.7 Å². The molecule has 0 radical (unpaired) electrons. The molecule has 3 aromatic carbocycles. The van der Waals surface area contributed by atoms with E-state index in [2.05, 4.69) is 51.1 Å². The fourth-order valence-corrected chi connectivity index (χ4v) is 12.0. The number of nitrogens with zero attached hydrogens (tertiary/aromatic N) is 4. The summed E-state index contributed by atoms with van der Waals surface area (Å²) in [6.45, 7) is 7.02. The van der Waals surface area contributed by atoms with Crippen molar-refractivity contribution in [2.24, 2.45) is 17.8 Å². The Kier molecular flexibility index (Phi) is 34.1. The van der Waals surface area contributed by atoms with Crippen molar-refractivity contribution in [2.45, 2.75) is 147 Å². The van der Waals surface area contributed by atoms with E-state index < -0.39 is 102 Å². The van der Waals surface area contributed by atoms with Gasteiger partial charge in [-0.1, -0.05) is 80.6 Å². The Balaban J connectivity index is 1.21. The number of aliphatic hydroxyl groups excluding tert-OH is 1. The molecular weight excluding hydrogens is 1260 g/mol. The standard InChI is InChI=1S/C68H101N11O18/c1-44(2)36-46-14-19-49(20-15-46)45(3)62(89)69-26-8-6-12-53(72-57(80)40-76-28-30-77(41-59(83)84)32-34-79(43-61(87)88)35-33-78(31-29-76)42-60(85)86)64(91)71-39-47-16-22-51(23-17-47)63(90)73-56(38-48-18-21-50-10-4-5-11-52(50)37-48)65(92)70-27-9-7-13-54(66(93)94)74-68(97)75-55(67(95)96)24-25-58(81)82/h4-5,10-11,14-15,18-21,37,44-45,47,51,53-56,67,95-96H,6-9,12-13,16-17,22-36,38-43H2,1-3H3,(H,69,89)(H,70,92)(H,71,91)(H,72,80)(H,73,90)(H,81,82)(H,83,84)(H,85,86)(H,87,88)(H,93,94)(H2,74,75,97). The zero-order chi connectivity index (χ0) is 71.0. The average Bonchev–Trinajstić information content (AvgIpc) is 0.853. The molecule has 1 saturated carbocycles. The molecule has 5 unspecified atom stereocenters. The Hall–Kier alpha value is -8.35. The van der Waals surface area contributed by atoms with Crippen LogP contribution in [-0.2, 0) is 60.8 Å². The third kappa shape index (κ3) is 30.3. The van der Waals surface area contributed by atoms with Gasteiger partial charge in [-0.3, -0.25) is 62.8 Å². The number of urea groups is 1. The molecule has 1 aliphatic heterocycles. The average molecular weight is 1360 g/mol. The lowest BCUT2D eigenvalue weighted by Gasteiger charge is -2.33. The zero-order valence-corrected chi connectivity index (χ0v) is 56.0. The molecule has 7 amide bonds. The first-order valence-corrected chi connectivity index (χ1v) is 33.6. The van der Waals surface area contributed by atoms with Gasteiger partial charge in [-0.25, -0.2) is 9.59 Å². The summed E-state index contributed by atoms with van der Waals surface area (Å²) in [5.41, 5.74) is 2.85. The van der Waals surface area contributed by atoms with Gasteiger partial charge in [0.15, 0.2) is 6.29 Å². The molecule has 14 N–H and O–H groups in total. The fourth-order valence-electron chi connectivity index (χ4n) is 12.0. The fraction of sp³-hybridized carbons (Fsp3) is 0.603. The van der Waals surface area contributed by atoms with Crippen molar-refractivity contribution >= 4 is 76.2 Å². The van der Waals surface area contributed by atoms with Crippen LogP contribution in [0.4, 0.5) is 4.79 Å². The number of unbranched alkanes of at least 4 members (excludes halogenated alkanes) is 2. The normalized spacial score (nSPS) is 17.8. The summed E-state index contributed by atoms with van der Waals surface area (Å²) in [5.74, 6) is -8.24. The van der Waals surface area contributed by atoms with Crippen LogP contribution in [0, 0.1) is 17.8 Å². The quantitative estimate of drug-likeness (QED) is 0.0286. The van der Waals surface area contributed by atoms with Crippen LogP contribution in [0.2, 0.25) is 0 Å². The number of aliphatic carboxylic acids is 5. The highest BCUT2D eigenvalue weighted by molar-refractivity contribution is 5.90. The molecule has 29 heteroatoms. The Morgan fingerprint density at radius 1 is 0.485 bits per heavy atom. The Morgan fingerprint density at radius 3 is 1.51 bits per heavy atom. The maximum Gasteiger partial charge on any atom is 0.326 e. The monoisotopic (exact) mass is 1360 g/mol. The van der Waals surface area contributed by atoms with Crippen LogP contribution in [0.5, 0.6) is 0 Å². The molecule has 0 aromatic heterocycles. The molecule has 5 atom stereocenters. The van der Waals surface area contributed by atoms with Crippen molar-refractivity contribution in [3.05, 3.63) is 83.4 Å². The number of fused-ring (bicyclic) bond motifs is 1. The van der Waals surface area contributed by atoms with Crippen molar-refractivity contribution in [1.29, 1.82) is 0 Å². The van der Waals surface area contributed by atoms with Gasteiger partial charge in [-0.15, -0.1) is 0 Å². The molecule has 2 aliphatic rings. The molecule has 1 saturated heterocycles. The van der Waals surface area contributed by atoms with Gasteiger partial charge in [0.05, 0.1) is 38.1 Å². The summed E-state index contributed by atoms with van der Waals surface area (Å²) in [6.07, 6.45) is 1.67. The van der Waals surface area contributed by atoms with Gasteiger partial charge in [0, 0.05) is 90.8 Å². The van der Waals surface area contributed by atoms with Crippen LogP contribution >= 0.6 is 0 Å². The molecular formula is C68H101N11O18. The van der Waals surface area contributed by atoms with Gasteiger partial charge in [0.1, 0.15) is 18.1 Å². The number of hydrogen-bond donors (Lipinski definition) is 14. The molecule has 3 aromatic rings. The van der Waals surface area contributed by atoms with Gasteiger partial charge in [-0.05, 0) is 123 Å². The van der Waals surface area contributed by atoms with Crippen LogP contribution in [0.1, 0.15) is 120 Å². The summed E-state index contributed by atoms with van der Waals surface area (Å²) in [7, 11) is 0. The molecule has 1 heterocycles. The topological polar surface area (TPSA) is 427 Å². The van der Waals surface area contributed by atoms with Gasteiger partial charge in [0.2, 0.25) is 29.5 Å². The van der Waals surface area contributed by atoms with Gasteiger partial charge in [0.25, 0.3) is 0 Å². The summed E-state index contributed by atoms with van der Waals surface area (Å²) in [5, 5.41) is 88.1. The number of hydrogen-bond acceptors (Lipinski definition) is 17. The highest BCUT2D eigenvalue weighted by Gasteiger charge is 2.32. The van der Waals surface area contributed by atoms with Crippen LogP contribution in [-0.4, -0.2) is 249 Å². The molecule has 29 nitrogen and oxygen atoms in total. The number of rotatable bonds is 38. The van der Waals surface area contributed by atoms with E-state index >= 15 is 0 Å². The Bertz CT molecular complexity index is 3040. The lowest BCUT2D eigenvalue weighted by atomic mass is 9.81. The number of carboxylic acid groups (broad SMARTS) is 5. The number of nitrogens with one attached hydrogen (secondary N) is 7. The predicted octanol–water partition coefficient (Wildman–Crippen LogP) is 1.62. The molecule has 536 valence electrons. The van der Waals surface area contributed by atoms with E-state index in [1.165, 1.54) is 5.56 Å². The second-order valence-electron chi connectivity index (χ2n) is 25.9. The summed E-state index contributed by atoms with van der Waals surface area (Å²) in [4.78, 5) is 148. The third-order valence-electron chi connectivity index (χ3n) is 17.6. The van der Waals surface area contributed by atoms with Crippen molar-refractivity contribution in [1.82, 2.24) is 56.8 Å². The number of amides is 7. The summed E-state index contributed by atoms with van der Waals surface area (Å²) < 4.78 is 0. The largest absolute Gasteiger partial charge is 0.481 e. The Labute approximate surface area is 565 Å². The van der Waals surface area contributed by atoms with E-state index in [4.69, 9.17) is 5.11 Å². The van der Waals surface area contributed by atoms with E-state index in [0.717, 1.165) is 28.3 Å². The maximum atomic E-state index is 14.3. The second kappa shape index (κ2) is 41.7. The van der Waals surface area contributed by atoms with Gasteiger partial charge in [-0.2, -0.15) is 0 Å². The first-order chi connectivity index (χ1) is 46.2. The SMILES string of the molecule is CC(C)Cc1ccc(C(C)C(=O)NCCCCC(NC(=O)CN2CCN(CC(=O)O)CCN(CC(=O)O)CCN(CC(=O)O)CC2)C(=O)NCC2CCC(C(=O)NC(Cc3ccc4ccccc4c3)C(=O)NCCCCC(NC(=O)NC(CCC(=O)O)C(O)O)C(=O)O)CC2)cc1. The van der Waals surface area contributed by atoms with Crippen molar-refractivity contribution in [3.63, 3.8) is 0 Å². The first-order valence-electron chi connectivity index (χ1n) is 33.6. The maximum absolute atomic E-state index is 14.3. The van der Waals surface area contributed by atoms with E-state index in [-0.39, 0.29) is 148 Å². The first kappa shape index (κ1) is 79.3. The van der Waals surface area contributed by atoms with Crippen molar-refractivity contribution in [2.75, 3.05) is 98.2 Å². The van der Waals surface area contributed by atoms with Gasteiger partial charge < -0.3 is 73.0 Å². The predicted molar refractivity (Wildman–Crippen MR) is 358 cm³/mol. The summed E-state index contributed by atoms with van der Waals surface area (Å²) >= 11 is 0. The smallest absolute Gasteiger partial charge is 0.326 e. The molecule has 2 fully saturated rings. The van der Waals surface area contributed by atoms with Crippen molar-refractivity contribution < 1.29 is 88.5 Å². The van der Waals surface area contributed by atoms with E-state index in [1.54, 1.807) is 19.6 Å². The zero-order valence-electron chi connectivity index (χ0n) is 56.0. The molecule has 97 heavy (non-hydrogen) atoms. The summed E-state index contributed by atoms with van der Waals surface area (Å²) in [6, 6.07) is 15.6. The van der Waals surface area contributed by atoms with E-state index in [9.17, 15) is 83.4 Å². The number of benzene rings is 3. The molecule has 0 bridgehead atoms. The van der Waals surface area contributed by atoms with Crippen LogP contribution in [0.3, 0.4) is 0 Å². The minimum atomic E-state index is -2.10. The van der Waals surface area contributed by atoms with E-state index in [1.807, 2.05) is 73.7 Å². The minimum absolute atomic E-state index is 0.0508.